The number of amides is 1. The van der Waals surface area contributed by atoms with Crippen molar-refractivity contribution in [2.75, 3.05) is 0 Å². The molecule has 6 nitrogen and oxygen atoms in total. The number of aryl methyl sites for hydroxylation is 1. The van der Waals surface area contributed by atoms with Crippen LogP contribution in [0.25, 0.3) is 0 Å². The van der Waals surface area contributed by atoms with E-state index in [0.29, 0.717) is 5.56 Å². The molecule has 0 aliphatic rings. The molecular weight excluding hydrogens is 160 g/mol. The second kappa shape index (κ2) is 3.14. The molecule has 64 valence electrons. The smallest absolute Gasteiger partial charge is 0.285 e. The topological polar surface area (TPSA) is 101 Å². The van der Waals surface area contributed by atoms with Crippen LogP contribution in [0.1, 0.15) is 16.1 Å². The summed E-state index contributed by atoms with van der Waals surface area (Å²) in [6.07, 6.45) is 0. The molecule has 0 saturated heterocycles. The SMILES string of the molecule is Cc1cc(C(=O)NN)n[nH]c1=O. The second-order valence-corrected chi connectivity index (χ2v) is 2.24. The molecule has 0 aromatic carbocycles. The summed E-state index contributed by atoms with van der Waals surface area (Å²) in [7, 11) is 0. The molecule has 1 heterocycles. The Morgan fingerprint density at radius 2 is 2.42 bits per heavy atom. The Kier molecular flexibility index (Phi) is 2.20. The number of H-pyrrole nitrogens is 1. The van der Waals surface area contributed by atoms with E-state index in [1.165, 1.54) is 6.07 Å². The van der Waals surface area contributed by atoms with Crippen LogP contribution in [-0.2, 0) is 0 Å². The Bertz CT molecular complexity index is 357. The quantitative estimate of drug-likeness (QED) is 0.275. The van der Waals surface area contributed by atoms with E-state index in [2.05, 4.69) is 10.2 Å². The predicted octanol–water partition coefficient (Wildman–Crippen LogP) is -1.32. The molecule has 0 aliphatic heterocycles. The lowest BCUT2D eigenvalue weighted by Crippen LogP contribution is -2.31. The van der Waals surface area contributed by atoms with Gasteiger partial charge in [-0.2, -0.15) is 5.10 Å². The van der Waals surface area contributed by atoms with Crippen molar-refractivity contribution in [1.29, 1.82) is 0 Å². The van der Waals surface area contributed by atoms with Crippen LogP contribution in [0, 0.1) is 6.92 Å². The monoisotopic (exact) mass is 168 g/mol. The summed E-state index contributed by atoms with van der Waals surface area (Å²) in [5.41, 5.74) is 2.10. The third-order valence-corrected chi connectivity index (χ3v) is 1.35. The maximum Gasteiger partial charge on any atom is 0.285 e. The molecule has 0 atom stereocenters. The third kappa shape index (κ3) is 1.48. The predicted molar refractivity (Wildman–Crippen MR) is 41.2 cm³/mol. The highest BCUT2D eigenvalue weighted by molar-refractivity contribution is 5.91. The van der Waals surface area contributed by atoms with Crippen LogP contribution in [0.2, 0.25) is 0 Å². The van der Waals surface area contributed by atoms with Crippen LogP contribution in [0.5, 0.6) is 0 Å². The zero-order valence-electron chi connectivity index (χ0n) is 6.42. The number of nitrogen functional groups attached to an aromatic ring is 1. The van der Waals surface area contributed by atoms with Crippen molar-refractivity contribution >= 4 is 5.91 Å². The average Bonchev–Trinajstić information content (AvgIpc) is 2.08. The third-order valence-electron chi connectivity index (χ3n) is 1.35. The number of rotatable bonds is 1. The first-order valence-electron chi connectivity index (χ1n) is 3.22. The molecular formula is C6H8N4O2. The highest BCUT2D eigenvalue weighted by Gasteiger charge is 2.05. The summed E-state index contributed by atoms with van der Waals surface area (Å²) in [5, 5.41) is 5.64. The van der Waals surface area contributed by atoms with Gasteiger partial charge >= 0.3 is 0 Å². The second-order valence-electron chi connectivity index (χ2n) is 2.24. The van der Waals surface area contributed by atoms with Gasteiger partial charge < -0.3 is 0 Å². The van der Waals surface area contributed by atoms with E-state index < -0.39 is 5.91 Å². The van der Waals surface area contributed by atoms with E-state index in [0.717, 1.165) is 0 Å². The summed E-state index contributed by atoms with van der Waals surface area (Å²) in [6, 6.07) is 1.36. The van der Waals surface area contributed by atoms with Crippen LogP contribution >= 0.6 is 0 Å². The first-order chi connectivity index (χ1) is 5.65. The number of hydrogen-bond acceptors (Lipinski definition) is 4. The Morgan fingerprint density at radius 1 is 1.75 bits per heavy atom. The first-order valence-corrected chi connectivity index (χ1v) is 3.22. The molecule has 0 unspecified atom stereocenters. The van der Waals surface area contributed by atoms with E-state index in [1.807, 2.05) is 5.43 Å². The minimum absolute atomic E-state index is 0.0922. The lowest BCUT2D eigenvalue weighted by molar-refractivity contribution is 0.0947. The van der Waals surface area contributed by atoms with Crippen molar-refractivity contribution < 1.29 is 4.79 Å². The van der Waals surface area contributed by atoms with Crippen molar-refractivity contribution in [3.63, 3.8) is 0 Å². The molecule has 0 spiro atoms. The molecule has 0 radical (unpaired) electrons. The largest absolute Gasteiger partial charge is 0.289 e. The molecule has 1 aromatic heterocycles. The number of carbonyl (C=O) groups excluding carboxylic acids is 1. The van der Waals surface area contributed by atoms with Crippen LogP contribution in [0.15, 0.2) is 10.9 Å². The van der Waals surface area contributed by atoms with Crippen LogP contribution in [-0.4, -0.2) is 16.1 Å². The minimum atomic E-state index is -0.533. The summed E-state index contributed by atoms with van der Waals surface area (Å²) in [4.78, 5) is 21.7. The highest BCUT2D eigenvalue weighted by Crippen LogP contribution is 1.91. The van der Waals surface area contributed by atoms with Gasteiger partial charge in [0.1, 0.15) is 5.69 Å². The minimum Gasteiger partial charge on any atom is -0.289 e. The molecule has 1 amide bonds. The molecule has 0 aliphatic carbocycles. The van der Waals surface area contributed by atoms with Gasteiger partial charge in [0.15, 0.2) is 0 Å². The summed E-state index contributed by atoms with van der Waals surface area (Å²) in [5.74, 6) is 4.33. The van der Waals surface area contributed by atoms with Crippen molar-refractivity contribution in [2.24, 2.45) is 5.84 Å². The van der Waals surface area contributed by atoms with Gasteiger partial charge in [0.25, 0.3) is 11.5 Å². The fraction of sp³-hybridized carbons (Fsp3) is 0.167. The summed E-state index contributed by atoms with van der Waals surface area (Å²) in [6.45, 7) is 1.58. The maximum atomic E-state index is 10.9. The van der Waals surface area contributed by atoms with Crippen molar-refractivity contribution in [3.8, 4) is 0 Å². The fourth-order valence-corrected chi connectivity index (χ4v) is 0.692. The molecule has 4 N–H and O–H groups in total. The molecule has 12 heavy (non-hydrogen) atoms. The number of aromatic nitrogens is 2. The lowest BCUT2D eigenvalue weighted by atomic mass is 10.3. The molecule has 1 rings (SSSR count). The Labute approximate surface area is 67.8 Å². The van der Waals surface area contributed by atoms with Gasteiger partial charge in [-0.25, -0.2) is 10.9 Å². The van der Waals surface area contributed by atoms with Crippen LogP contribution < -0.4 is 16.8 Å². The number of nitrogens with two attached hydrogens (primary N) is 1. The van der Waals surface area contributed by atoms with Crippen molar-refractivity contribution in [3.05, 3.63) is 27.7 Å². The van der Waals surface area contributed by atoms with Gasteiger partial charge in [-0.15, -0.1) is 0 Å². The number of nitrogens with one attached hydrogen (secondary N) is 2. The zero-order valence-corrected chi connectivity index (χ0v) is 6.42. The maximum absolute atomic E-state index is 10.9. The number of hydrazine groups is 1. The van der Waals surface area contributed by atoms with Crippen molar-refractivity contribution in [1.82, 2.24) is 15.6 Å². The van der Waals surface area contributed by atoms with E-state index in [4.69, 9.17) is 5.84 Å². The van der Waals surface area contributed by atoms with Gasteiger partial charge in [-0.05, 0) is 13.0 Å². The normalized spacial score (nSPS) is 9.50. The lowest BCUT2D eigenvalue weighted by Gasteiger charge is -1.97. The van der Waals surface area contributed by atoms with E-state index in [9.17, 15) is 9.59 Å². The van der Waals surface area contributed by atoms with Gasteiger partial charge in [0.2, 0.25) is 0 Å². The molecule has 0 fully saturated rings. The molecule has 0 bridgehead atoms. The first kappa shape index (κ1) is 8.41. The van der Waals surface area contributed by atoms with E-state index >= 15 is 0 Å². The van der Waals surface area contributed by atoms with Crippen LogP contribution in [0.3, 0.4) is 0 Å². The Balaban J connectivity index is 3.13. The zero-order chi connectivity index (χ0) is 9.14. The molecule has 6 heteroatoms. The van der Waals surface area contributed by atoms with Gasteiger partial charge in [0, 0.05) is 5.56 Å². The standard InChI is InChI=1S/C6H8N4O2/c1-3-2-4(6(12)8-7)9-10-5(3)11/h2H,7H2,1H3,(H,8,12)(H,10,11). The highest BCUT2D eigenvalue weighted by atomic mass is 16.2. The number of nitrogens with zero attached hydrogens (tertiary/aromatic N) is 1. The summed E-state index contributed by atoms with van der Waals surface area (Å²) < 4.78 is 0. The Morgan fingerprint density at radius 3 is 2.92 bits per heavy atom. The number of carbonyl (C=O) groups is 1. The Hall–Kier alpha value is -1.69. The average molecular weight is 168 g/mol. The van der Waals surface area contributed by atoms with E-state index in [1.54, 1.807) is 6.92 Å². The number of aromatic amines is 1. The van der Waals surface area contributed by atoms with Gasteiger partial charge in [-0.1, -0.05) is 0 Å². The number of hydrogen-bond donors (Lipinski definition) is 3. The van der Waals surface area contributed by atoms with Gasteiger partial charge in [-0.3, -0.25) is 15.0 Å². The van der Waals surface area contributed by atoms with Crippen LogP contribution in [0.4, 0.5) is 0 Å². The van der Waals surface area contributed by atoms with Crippen molar-refractivity contribution in [2.45, 2.75) is 6.92 Å². The summed E-state index contributed by atoms with van der Waals surface area (Å²) >= 11 is 0. The fourth-order valence-electron chi connectivity index (χ4n) is 0.692. The molecule has 1 aromatic rings. The van der Waals surface area contributed by atoms with E-state index in [-0.39, 0.29) is 11.3 Å². The molecule has 0 saturated carbocycles. The van der Waals surface area contributed by atoms with Gasteiger partial charge in [0.05, 0.1) is 0 Å².